The van der Waals surface area contributed by atoms with E-state index in [1.54, 1.807) is 12.1 Å². The molecule has 0 amide bonds. The molecule has 27 heavy (non-hydrogen) atoms. The number of hydrogen-bond acceptors (Lipinski definition) is 3. The zero-order valence-electron chi connectivity index (χ0n) is 13.5. The normalized spacial score (nSPS) is 20.9. The van der Waals surface area contributed by atoms with Crippen LogP contribution in [-0.2, 0) is 27.3 Å². The topological polar surface area (TPSA) is 58.9 Å². The van der Waals surface area contributed by atoms with Crippen molar-refractivity contribution < 1.29 is 26.8 Å². The number of rotatable bonds is 4. The average molecular weight is 438 g/mol. The van der Waals surface area contributed by atoms with Gasteiger partial charge >= 0.3 is 6.18 Å². The molecule has 2 aromatic rings. The molecule has 4 nitrogen and oxygen atoms in total. The Labute approximate surface area is 165 Å². The summed E-state index contributed by atoms with van der Waals surface area (Å²) in [5.41, 5.74) is -1.84. The Bertz CT molecular complexity index is 898. The lowest BCUT2D eigenvalue weighted by molar-refractivity contribution is -0.275. The fraction of sp³-hybridized carbons (Fsp3) is 0.235. The second kappa shape index (κ2) is 7.43. The van der Waals surface area contributed by atoms with Crippen molar-refractivity contribution in [3.05, 3.63) is 69.2 Å². The maximum atomic E-state index is 13.9. The Morgan fingerprint density at radius 1 is 1.15 bits per heavy atom. The van der Waals surface area contributed by atoms with Crippen LogP contribution in [0.5, 0.6) is 0 Å². The van der Waals surface area contributed by atoms with Crippen molar-refractivity contribution in [1.29, 1.82) is 0 Å². The van der Waals surface area contributed by atoms with Gasteiger partial charge in [0.2, 0.25) is 0 Å². The van der Waals surface area contributed by atoms with Crippen molar-refractivity contribution in [3.63, 3.8) is 0 Å². The van der Waals surface area contributed by atoms with E-state index < -0.39 is 29.3 Å². The molecule has 2 unspecified atom stereocenters. The molecule has 10 heteroatoms. The lowest BCUT2D eigenvalue weighted by atomic mass is 9.86. The molecule has 0 bridgehead atoms. The van der Waals surface area contributed by atoms with E-state index in [-0.39, 0.29) is 27.1 Å². The van der Waals surface area contributed by atoms with Gasteiger partial charge in [0.15, 0.2) is 11.1 Å². The third-order valence-corrected chi connectivity index (χ3v) is 5.11. The van der Waals surface area contributed by atoms with E-state index in [0.29, 0.717) is 11.1 Å². The highest BCUT2D eigenvalue weighted by Gasteiger charge is 2.62. The largest absolute Gasteiger partial charge is 0.435 e. The smallest absolute Gasteiger partial charge is 0.374 e. The van der Waals surface area contributed by atoms with Crippen LogP contribution in [0.1, 0.15) is 23.1 Å². The molecule has 1 heterocycles. The molecule has 0 radical (unpaired) electrons. The number of alkyl halides is 3. The highest BCUT2D eigenvalue weighted by atomic mass is 35.5. The van der Waals surface area contributed by atoms with Crippen LogP contribution in [0, 0.1) is 0 Å². The first-order valence-electron chi connectivity index (χ1n) is 7.56. The molecule has 2 atom stereocenters. The molecule has 1 aliphatic heterocycles. The minimum absolute atomic E-state index is 0.0551. The summed E-state index contributed by atoms with van der Waals surface area (Å²) >= 11 is 9.72. The fourth-order valence-electron chi connectivity index (χ4n) is 2.78. The van der Waals surface area contributed by atoms with Gasteiger partial charge in [-0.3, -0.25) is 0 Å². The fourth-order valence-corrected chi connectivity index (χ4v) is 3.79. The summed E-state index contributed by atoms with van der Waals surface area (Å²) in [6.07, 6.45) is -5.32. The first kappa shape index (κ1) is 20.1. The molecular weight excluding hydrogens is 426 g/mol. The second-order valence-corrected chi connectivity index (χ2v) is 7.76. The molecule has 0 aromatic heterocycles. The van der Waals surface area contributed by atoms with Crippen LogP contribution in [0.15, 0.2) is 47.6 Å². The SMILES string of the molecule is O=S(O)Cc1ccc(C2=NOC(c3cc(Cl)cc(Cl)c3)(C(F)(F)F)C2)cc1. The summed E-state index contributed by atoms with van der Waals surface area (Å²) < 4.78 is 61.5. The van der Waals surface area contributed by atoms with E-state index >= 15 is 0 Å². The van der Waals surface area contributed by atoms with Crippen LogP contribution in [-0.4, -0.2) is 20.6 Å². The Balaban J connectivity index is 1.94. The average Bonchev–Trinajstić information content (AvgIpc) is 3.00. The zero-order valence-corrected chi connectivity index (χ0v) is 15.8. The maximum absolute atomic E-state index is 13.9. The monoisotopic (exact) mass is 437 g/mol. The Morgan fingerprint density at radius 3 is 2.26 bits per heavy atom. The lowest BCUT2D eigenvalue weighted by Crippen LogP contribution is -2.42. The summed E-state index contributed by atoms with van der Waals surface area (Å²) in [5, 5.41) is 3.76. The minimum Gasteiger partial charge on any atom is -0.374 e. The molecule has 0 spiro atoms. The lowest BCUT2D eigenvalue weighted by Gasteiger charge is -2.29. The van der Waals surface area contributed by atoms with Gasteiger partial charge in [-0.1, -0.05) is 52.6 Å². The number of oxime groups is 1. The summed E-state index contributed by atoms with van der Waals surface area (Å²) in [5.74, 6) is -0.0727. The molecular formula is C17H12Cl2F3NO3S. The molecule has 0 saturated carbocycles. The van der Waals surface area contributed by atoms with Crippen LogP contribution in [0.25, 0.3) is 0 Å². The van der Waals surface area contributed by atoms with Crippen LogP contribution in [0.4, 0.5) is 13.2 Å². The van der Waals surface area contributed by atoms with Crippen LogP contribution in [0.3, 0.4) is 0 Å². The van der Waals surface area contributed by atoms with Gasteiger partial charge in [-0.25, -0.2) is 4.21 Å². The highest BCUT2D eigenvalue weighted by Crippen LogP contribution is 2.49. The zero-order chi connectivity index (χ0) is 19.8. The van der Waals surface area contributed by atoms with Crippen molar-refractivity contribution in [3.8, 4) is 0 Å². The summed E-state index contributed by atoms with van der Waals surface area (Å²) in [6.45, 7) is 0. The van der Waals surface area contributed by atoms with Gasteiger partial charge in [0, 0.05) is 22.0 Å². The Hall–Kier alpha value is -1.61. The number of hydrogen-bond donors (Lipinski definition) is 1. The molecule has 0 aliphatic carbocycles. The van der Waals surface area contributed by atoms with Gasteiger partial charge in [0.05, 0.1) is 11.5 Å². The van der Waals surface area contributed by atoms with Crippen molar-refractivity contribution in [2.75, 3.05) is 0 Å². The first-order valence-corrected chi connectivity index (χ1v) is 9.59. The van der Waals surface area contributed by atoms with Crippen molar-refractivity contribution in [2.24, 2.45) is 5.16 Å². The van der Waals surface area contributed by atoms with Crippen molar-refractivity contribution in [1.82, 2.24) is 0 Å². The van der Waals surface area contributed by atoms with Crippen LogP contribution >= 0.6 is 23.2 Å². The van der Waals surface area contributed by atoms with Gasteiger partial charge in [-0.05, 0) is 29.3 Å². The van der Waals surface area contributed by atoms with Gasteiger partial charge in [-0.15, -0.1) is 0 Å². The molecule has 0 saturated heterocycles. The summed E-state index contributed by atoms with van der Waals surface area (Å²) in [4.78, 5) is 4.92. The Morgan fingerprint density at radius 2 is 1.74 bits per heavy atom. The third-order valence-electron chi connectivity index (χ3n) is 4.09. The van der Waals surface area contributed by atoms with Crippen molar-refractivity contribution >= 4 is 40.0 Å². The molecule has 1 aliphatic rings. The molecule has 1 N–H and O–H groups in total. The molecule has 2 aromatic carbocycles. The predicted molar refractivity (Wildman–Crippen MR) is 97.4 cm³/mol. The van der Waals surface area contributed by atoms with Gasteiger partial charge in [-0.2, -0.15) is 13.2 Å². The van der Waals surface area contributed by atoms with Crippen LogP contribution in [0.2, 0.25) is 10.0 Å². The van der Waals surface area contributed by atoms with E-state index in [1.165, 1.54) is 18.2 Å². The maximum Gasteiger partial charge on any atom is 0.435 e. The van der Waals surface area contributed by atoms with Crippen LogP contribution < -0.4 is 0 Å². The standard InChI is InChI=1S/C17H12Cl2F3NO3S/c18-13-5-12(6-14(19)7-13)16(17(20,21)22)8-15(23-26-16)11-3-1-10(2-4-11)9-27(24)25/h1-7H,8-9H2,(H,24,25). The number of nitrogens with zero attached hydrogens (tertiary/aromatic N) is 1. The van der Waals surface area contributed by atoms with E-state index in [1.807, 2.05) is 0 Å². The summed E-state index contributed by atoms with van der Waals surface area (Å²) in [7, 11) is 0. The quantitative estimate of drug-likeness (QED) is 0.660. The van der Waals surface area contributed by atoms with E-state index in [0.717, 1.165) is 12.1 Å². The molecule has 144 valence electrons. The molecule has 0 fully saturated rings. The van der Waals surface area contributed by atoms with E-state index in [4.69, 9.17) is 32.6 Å². The third kappa shape index (κ3) is 4.13. The van der Waals surface area contributed by atoms with Gasteiger partial charge in [0.1, 0.15) is 0 Å². The predicted octanol–water partition coefficient (Wildman–Crippen LogP) is 5.30. The minimum atomic E-state index is -4.76. The Kier molecular flexibility index (Phi) is 5.54. The van der Waals surface area contributed by atoms with Gasteiger partial charge < -0.3 is 9.39 Å². The first-order chi connectivity index (χ1) is 12.6. The van der Waals surface area contributed by atoms with E-state index in [2.05, 4.69) is 5.16 Å². The highest BCUT2D eigenvalue weighted by molar-refractivity contribution is 7.78. The second-order valence-electron chi connectivity index (χ2n) is 5.95. The van der Waals surface area contributed by atoms with Gasteiger partial charge in [0.25, 0.3) is 5.60 Å². The van der Waals surface area contributed by atoms with Crippen molar-refractivity contribution in [2.45, 2.75) is 24.0 Å². The molecule has 3 rings (SSSR count). The number of benzene rings is 2. The number of halogens is 5. The summed E-state index contributed by atoms with van der Waals surface area (Å²) in [6, 6.07) is 9.80. The van der Waals surface area contributed by atoms with E-state index in [9.17, 15) is 17.4 Å².